The van der Waals surface area contributed by atoms with Crippen LogP contribution < -0.4 is 14.8 Å². The average molecular weight is 497 g/mol. The second kappa shape index (κ2) is 11.4. The standard InChI is InChI=1S/C26H28N2O6S/c1-20-11-12-21(19-25(20)35(30,31)28-13-15-32-16-14-28)27-26(29)23-9-5-6-10-24(23)34-18-17-33-22-7-3-2-4-8-22/h2-12,19H,13-18H2,1H3,(H,27,29). The molecule has 1 N–H and O–H groups in total. The second-order valence-electron chi connectivity index (χ2n) is 7.96. The first-order valence-corrected chi connectivity index (χ1v) is 12.8. The molecule has 1 amide bonds. The summed E-state index contributed by atoms with van der Waals surface area (Å²) in [5.41, 5.74) is 1.33. The number of anilines is 1. The van der Waals surface area contributed by atoms with Gasteiger partial charge in [0.1, 0.15) is 24.7 Å². The van der Waals surface area contributed by atoms with Gasteiger partial charge in [0.2, 0.25) is 10.0 Å². The first-order chi connectivity index (χ1) is 16.9. The molecule has 35 heavy (non-hydrogen) atoms. The van der Waals surface area contributed by atoms with Crippen molar-refractivity contribution in [2.45, 2.75) is 11.8 Å². The maximum absolute atomic E-state index is 13.1. The predicted molar refractivity (Wildman–Crippen MR) is 133 cm³/mol. The first-order valence-electron chi connectivity index (χ1n) is 11.3. The number of ether oxygens (including phenoxy) is 3. The molecule has 0 bridgehead atoms. The quantitative estimate of drug-likeness (QED) is 0.454. The van der Waals surface area contributed by atoms with Crippen LogP contribution in [0.5, 0.6) is 11.5 Å². The number of nitrogens with zero attached hydrogens (tertiary/aromatic N) is 1. The summed E-state index contributed by atoms with van der Waals surface area (Å²) >= 11 is 0. The number of hydrogen-bond donors (Lipinski definition) is 1. The largest absolute Gasteiger partial charge is 0.490 e. The molecule has 1 heterocycles. The third-order valence-electron chi connectivity index (χ3n) is 5.52. The van der Waals surface area contributed by atoms with Crippen molar-refractivity contribution in [3.05, 3.63) is 83.9 Å². The minimum absolute atomic E-state index is 0.166. The molecule has 184 valence electrons. The summed E-state index contributed by atoms with van der Waals surface area (Å²) in [5.74, 6) is 0.752. The van der Waals surface area contributed by atoms with Crippen LogP contribution in [0.2, 0.25) is 0 Å². The van der Waals surface area contributed by atoms with E-state index in [4.69, 9.17) is 14.2 Å². The summed E-state index contributed by atoms with van der Waals surface area (Å²) in [6.45, 7) is 3.64. The highest BCUT2D eigenvalue weighted by atomic mass is 32.2. The zero-order valence-corrected chi connectivity index (χ0v) is 20.3. The maximum atomic E-state index is 13.1. The lowest BCUT2D eigenvalue weighted by molar-refractivity contribution is 0.0730. The molecule has 4 rings (SSSR count). The number of sulfonamides is 1. The molecule has 1 aliphatic rings. The third-order valence-corrected chi connectivity index (χ3v) is 7.56. The molecule has 3 aromatic rings. The van der Waals surface area contributed by atoms with Crippen molar-refractivity contribution in [3.63, 3.8) is 0 Å². The minimum atomic E-state index is -3.70. The number of rotatable bonds is 9. The van der Waals surface area contributed by atoms with E-state index in [-0.39, 0.29) is 11.5 Å². The van der Waals surface area contributed by atoms with E-state index in [9.17, 15) is 13.2 Å². The van der Waals surface area contributed by atoms with Crippen molar-refractivity contribution >= 4 is 21.6 Å². The zero-order chi connectivity index (χ0) is 24.7. The Morgan fingerprint density at radius 2 is 1.63 bits per heavy atom. The number of morpholine rings is 1. The Bertz CT molecular complexity index is 1260. The van der Waals surface area contributed by atoms with Gasteiger partial charge in [0, 0.05) is 18.8 Å². The van der Waals surface area contributed by atoms with Crippen LogP contribution in [0.25, 0.3) is 0 Å². The van der Waals surface area contributed by atoms with Gasteiger partial charge < -0.3 is 19.5 Å². The fourth-order valence-electron chi connectivity index (χ4n) is 3.69. The van der Waals surface area contributed by atoms with Crippen molar-refractivity contribution in [2.24, 2.45) is 0 Å². The Hall–Kier alpha value is -3.40. The summed E-state index contributed by atoms with van der Waals surface area (Å²) in [6, 6.07) is 21.2. The predicted octanol–water partition coefficient (Wildman–Crippen LogP) is 3.73. The molecular weight excluding hydrogens is 468 g/mol. The van der Waals surface area contributed by atoms with Crippen LogP contribution >= 0.6 is 0 Å². The van der Waals surface area contributed by atoms with Crippen LogP contribution in [0.3, 0.4) is 0 Å². The van der Waals surface area contributed by atoms with E-state index in [1.807, 2.05) is 30.3 Å². The first kappa shape index (κ1) is 24.7. The molecule has 0 radical (unpaired) electrons. The molecule has 1 saturated heterocycles. The van der Waals surface area contributed by atoms with Gasteiger partial charge >= 0.3 is 0 Å². The SMILES string of the molecule is Cc1ccc(NC(=O)c2ccccc2OCCOc2ccccc2)cc1S(=O)(=O)N1CCOCC1. The van der Waals surface area contributed by atoms with Gasteiger partial charge in [-0.15, -0.1) is 0 Å². The zero-order valence-electron chi connectivity index (χ0n) is 19.5. The van der Waals surface area contributed by atoms with Gasteiger partial charge in [-0.05, 0) is 48.9 Å². The Labute approximate surface area is 205 Å². The summed E-state index contributed by atoms with van der Waals surface area (Å²) < 4.78 is 44.4. The number of para-hydroxylation sites is 2. The van der Waals surface area contributed by atoms with Gasteiger partial charge in [0.05, 0.1) is 23.7 Å². The molecular formula is C26H28N2O6S. The summed E-state index contributed by atoms with van der Waals surface area (Å²) in [6.07, 6.45) is 0. The van der Waals surface area contributed by atoms with Gasteiger partial charge in [-0.25, -0.2) is 8.42 Å². The van der Waals surface area contributed by atoms with Crippen LogP contribution in [0, 0.1) is 6.92 Å². The van der Waals surface area contributed by atoms with E-state index in [1.165, 1.54) is 10.4 Å². The lowest BCUT2D eigenvalue weighted by Gasteiger charge is -2.26. The second-order valence-corrected chi connectivity index (χ2v) is 9.86. The van der Waals surface area contributed by atoms with E-state index < -0.39 is 15.9 Å². The lowest BCUT2D eigenvalue weighted by Crippen LogP contribution is -2.40. The Morgan fingerprint density at radius 3 is 2.40 bits per heavy atom. The lowest BCUT2D eigenvalue weighted by atomic mass is 10.1. The maximum Gasteiger partial charge on any atom is 0.259 e. The van der Waals surface area contributed by atoms with E-state index >= 15 is 0 Å². The number of nitrogens with one attached hydrogen (secondary N) is 1. The molecule has 8 nitrogen and oxygen atoms in total. The van der Waals surface area contributed by atoms with Gasteiger partial charge in [-0.1, -0.05) is 36.4 Å². The number of aryl methyl sites for hydroxylation is 1. The van der Waals surface area contributed by atoms with E-state index in [2.05, 4.69) is 5.32 Å². The third kappa shape index (κ3) is 6.19. The minimum Gasteiger partial charge on any atom is -0.490 e. The summed E-state index contributed by atoms with van der Waals surface area (Å²) in [4.78, 5) is 13.2. The highest BCUT2D eigenvalue weighted by Crippen LogP contribution is 2.26. The molecule has 0 unspecified atom stereocenters. The average Bonchev–Trinajstić information content (AvgIpc) is 2.89. The van der Waals surface area contributed by atoms with Crippen molar-refractivity contribution < 1.29 is 27.4 Å². The monoisotopic (exact) mass is 496 g/mol. The van der Waals surface area contributed by atoms with Crippen molar-refractivity contribution in [1.82, 2.24) is 4.31 Å². The van der Waals surface area contributed by atoms with Crippen LogP contribution in [0.4, 0.5) is 5.69 Å². The van der Waals surface area contributed by atoms with Crippen LogP contribution in [-0.2, 0) is 14.8 Å². The van der Waals surface area contributed by atoms with E-state index in [0.29, 0.717) is 55.5 Å². The van der Waals surface area contributed by atoms with Gasteiger partial charge in [-0.2, -0.15) is 4.31 Å². The molecule has 0 atom stereocenters. The number of carbonyl (C=O) groups excluding carboxylic acids is 1. The van der Waals surface area contributed by atoms with Crippen LogP contribution in [0.15, 0.2) is 77.7 Å². The van der Waals surface area contributed by atoms with Gasteiger partial charge in [0.15, 0.2) is 0 Å². The Balaban J connectivity index is 1.44. The summed E-state index contributed by atoms with van der Waals surface area (Å²) in [7, 11) is -3.70. The smallest absolute Gasteiger partial charge is 0.259 e. The van der Waals surface area contributed by atoms with Gasteiger partial charge in [-0.3, -0.25) is 4.79 Å². The summed E-state index contributed by atoms with van der Waals surface area (Å²) in [5, 5.41) is 2.80. The molecule has 1 fully saturated rings. The van der Waals surface area contributed by atoms with Crippen molar-refractivity contribution in [3.8, 4) is 11.5 Å². The Morgan fingerprint density at radius 1 is 0.943 bits per heavy atom. The Kier molecular flexibility index (Phi) is 8.02. The van der Waals surface area contributed by atoms with Crippen LogP contribution in [0.1, 0.15) is 15.9 Å². The van der Waals surface area contributed by atoms with E-state index in [0.717, 1.165) is 5.75 Å². The van der Waals surface area contributed by atoms with Crippen molar-refractivity contribution in [1.29, 1.82) is 0 Å². The number of amides is 1. The molecule has 0 spiro atoms. The number of carbonyl (C=O) groups is 1. The highest BCUT2D eigenvalue weighted by molar-refractivity contribution is 7.89. The molecule has 0 aromatic heterocycles. The molecule has 9 heteroatoms. The number of hydrogen-bond acceptors (Lipinski definition) is 6. The molecule has 0 saturated carbocycles. The van der Waals surface area contributed by atoms with E-state index in [1.54, 1.807) is 43.3 Å². The fourth-order valence-corrected chi connectivity index (χ4v) is 5.35. The molecule has 1 aliphatic heterocycles. The molecule has 3 aromatic carbocycles. The topological polar surface area (TPSA) is 94.2 Å². The van der Waals surface area contributed by atoms with Gasteiger partial charge in [0.25, 0.3) is 5.91 Å². The number of benzene rings is 3. The van der Waals surface area contributed by atoms with Crippen LogP contribution in [-0.4, -0.2) is 58.1 Å². The highest BCUT2D eigenvalue weighted by Gasteiger charge is 2.28. The normalized spacial score (nSPS) is 14.3. The van der Waals surface area contributed by atoms with Crippen molar-refractivity contribution in [2.75, 3.05) is 44.8 Å². The molecule has 0 aliphatic carbocycles. The fraction of sp³-hybridized carbons (Fsp3) is 0.269.